The molecule has 4 nitrogen and oxygen atoms in total. The van der Waals surface area contributed by atoms with E-state index in [9.17, 15) is 4.79 Å². The zero-order chi connectivity index (χ0) is 11.4. The summed E-state index contributed by atoms with van der Waals surface area (Å²) in [5.41, 5.74) is 0.599. The number of nitrogens with one attached hydrogen (secondary N) is 1. The highest BCUT2D eigenvalue weighted by Gasteiger charge is 2.29. The van der Waals surface area contributed by atoms with Crippen LogP contribution in [0, 0.1) is 0 Å². The standard InChI is InChI=1S/C11H16BrN3O/c12-6-2-8-15(9-3-1-4-9)11(16)10-5-7-13-14-10/h5,7,9H,1-4,6,8H2,(H,13,14). The molecule has 1 aliphatic rings. The quantitative estimate of drug-likeness (QED) is 0.843. The molecule has 0 aromatic carbocycles. The van der Waals surface area contributed by atoms with E-state index in [0.29, 0.717) is 11.7 Å². The van der Waals surface area contributed by atoms with Gasteiger partial charge in [-0.2, -0.15) is 5.10 Å². The Hall–Kier alpha value is -0.840. The summed E-state index contributed by atoms with van der Waals surface area (Å²) < 4.78 is 0. The molecule has 0 bridgehead atoms. The van der Waals surface area contributed by atoms with Gasteiger partial charge < -0.3 is 4.90 Å². The number of alkyl halides is 1. The Balaban J connectivity index is 2.02. The fourth-order valence-corrected chi connectivity index (χ4v) is 2.16. The first kappa shape index (κ1) is 11.6. The van der Waals surface area contributed by atoms with Gasteiger partial charge in [0.15, 0.2) is 0 Å². The molecule has 0 atom stereocenters. The molecule has 16 heavy (non-hydrogen) atoms. The number of hydrogen-bond donors (Lipinski definition) is 1. The van der Waals surface area contributed by atoms with E-state index < -0.39 is 0 Å². The Labute approximate surface area is 104 Å². The average Bonchev–Trinajstić information content (AvgIpc) is 2.73. The van der Waals surface area contributed by atoms with Gasteiger partial charge >= 0.3 is 0 Å². The van der Waals surface area contributed by atoms with Crippen LogP contribution in [-0.2, 0) is 0 Å². The van der Waals surface area contributed by atoms with Gasteiger partial charge in [0.1, 0.15) is 5.69 Å². The Kier molecular flexibility index (Phi) is 3.98. The second-order valence-corrected chi connectivity index (χ2v) is 4.89. The number of carbonyl (C=O) groups is 1. The van der Waals surface area contributed by atoms with Crippen molar-refractivity contribution in [1.82, 2.24) is 15.1 Å². The summed E-state index contributed by atoms with van der Waals surface area (Å²) >= 11 is 3.41. The summed E-state index contributed by atoms with van der Waals surface area (Å²) in [7, 11) is 0. The molecule has 0 unspecified atom stereocenters. The first-order chi connectivity index (χ1) is 7.83. The van der Waals surface area contributed by atoms with Gasteiger partial charge in [-0.15, -0.1) is 0 Å². The molecule has 1 fully saturated rings. The highest BCUT2D eigenvalue weighted by molar-refractivity contribution is 9.09. The summed E-state index contributed by atoms with van der Waals surface area (Å²) in [5, 5.41) is 7.51. The van der Waals surface area contributed by atoms with Crippen molar-refractivity contribution in [3.8, 4) is 0 Å². The molecular formula is C11H16BrN3O. The van der Waals surface area contributed by atoms with Crippen LogP contribution in [0.5, 0.6) is 0 Å². The summed E-state index contributed by atoms with van der Waals surface area (Å²) in [6.45, 7) is 0.827. The molecule has 0 spiro atoms. The molecule has 1 aliphatic carbocycles. The van der Waals surface area contributed by atoms with Crippen LogP contribution in [0.25, 0.3) is 0 Å². The number of halogens is 1. The van der Waals surface area contributed by atoms with Crippen LogP contribution in [0.3, 0.4) is 0 Å². The summed E-state index contributed by atoms with van der Waals surface area (Å²) in [4.78, 5) is 14.2. The van der Waals surface area contributed by atoms with Gasteiger partial charge in [-0.1, -0.05) is 15.9 Å². The van der Waals surface area contributed by atoms with E-state index in [1.165, 1.54) is 6.42 Å². The molecule has 1 N–H and O–H groups in total. The van der Waals surface area contributed by atoms with Crippen LogP contribution in [-0.4, -0.2) is 38.9 Å². The number of aromatic amines is 1. The van der Waals surface area contributed by atoms with Gasteiger partial charge in [0.25, 0.3) is 5.91 Å². The van der Waals surface area contributed by atoms with Gasteiger partial charge in [-0.3, -0.25) is 9.89 Å². The second-order valence-electron chi connectivity index (χ2n) is 4.10. The number of aromatic nitrogens is 2. The van der Waals surface area contributed by atoms with Gasteiger partial charge in [0, 0.05) is 24.1 Å². The van der Waals surface area contributed by atoms with Crippen molar-refractivity contribution in [2.24, 2.45) is 0 Å². The first-order valence-corrected chi connectivity index (χ1v) is 6.81. The zero-order valence-corrected chi connectivity index (χ0v) is 10.7. The summed E-state index contributed by atoms with van der Waals surface area (Å²) in [6.07, 6.45) is 6.14. The number of carbonyl (C=O) groups excluding carboxylic acids is 1. The van der Waals surface area contributed by atoms with Crippen LogP contribution in [0.2, 0.25) is 0 Å². The van der Waals surface area contributed by atoms with Crippen molar-refractivity contribution in [3.05, 3.63) is 18.0 Å². The lowest BCUT2D eigenvalue weighted by atomic mass is 9.91. The van der Waals surface area contributed by atoms with Crippen molar-refractivity contribution in [1.29, 1.82) is 0 Å². The monoisotopic (exact) mass is 285 g/mol. The molecule has 0 radical (unpaired) electrons. The largest absolute Gasteiger partial charge is 0.334 e. The highest BCUT2D eigenvalue weighted by atomic mass is 79.9. The first-order valence-electron chi connectivity index (χ1n) is 5.69. The van der Waals surface area contributed by atoms with Crippen LogP contribution in [0.15, 0.2) is 12.3 Å². The average molecular weight is 286 g/mol. The fourth-order valence-electron chi connectivity index (χ4n) is 1.91. The Morgan fingerprint density at radius 1 is 1.62 bits per heavy atom. The Morgan fingerprint density at radius 2 is 2.44 bits per heavy atom. The molecule has 1 aromatic rings. The molecule has 0 saturated heterocycles. The van der Waals surface area contributed by atoms with Crippen LogP contribution in [0.1, 0.15) is 36.2 Å². The molecule has 1 aromatic heterocycles. The highest BCUT2D eigenvalue weighted by Crippen LogP contribution is 2.26. The normalized spacial score (nSPS) is 15.8. The van der Waals surface area contributed by atoms with Crippen molar-refractivity contribution in [3.63, 3.8) is 0 Å². The lowest BCUT2D eigenvalue weighted by molar-refractivity contribution is 0.0575. The van der Waals surface area contributed by atoms with Crippen molar-refractivity contribution in [2.45, 2.75) is 31.7 Å². The summed E-state index contributed by atoms with van der Waals surface area (Å²) in [6, 6.07) is 2.18. The van der Waals surface area contributed by atoms with E-state index in [1.54, 1.807) is 12.3 Å². The van der Waals surface area contributed by atoms with E-state index in [1.807, 2.05) is 4.90 Å². The summed E-state index contributed by atoms with van der Waals surface area (Å²) in [5.74, 6) is 0.0863. The van der Waals surface area contributed by atoms with Gasteiger partial charge in [-0.05, 0) is 31.7 Å². The molecule has 0 aliphatic heterocycles. The minimum atomic E-state index is 0.0863. The fraction of sp³-hybridized carbons (Fsp3) is 0.636. The number of hydrogen-bond acceptors (Lipinski definition) is 2. The Morgan fingerprint density at radius 3 is 2.94 bits per heavy atom. The smallest absolute Gasteiger partial charge is 0.272 e. The molecule has 1 saturated carbocycles. The van der Waals surface area contributed by atoms with Gasteiger partial charge in [0.2, 0.25) is 0 Å². The van der Waals surface area contributed by atoms with E-state index in [0.717, 1.165) is 31.1 Å². The van der Waals surface area contributed by atoms with E-state index in [4.69, 9.17) is 0 Å². The molecular weight excluding hydrogens is 270 g/mol. The number of rotatable bonds is 5. The van der Waals surface area contributed by atoms with Crippen LogP contribution >= 0.6 is 15.9 Å². The molecule has 2 rings (SSSR count). The molecule has 1 heterocycles. The lowest BCUT2D eigenvalue weighted by Crippen LogP contribution is -2.45. The SMILES string of the molecule is O=C(c1ccn[nH]1)N(CCCBr)C1CCC1. The van der Waals surface area contributed by atoms with E-state index >= 15 is 0 Å². The topological polar surface area (TPSA) is 49.0 Å². The predicted molar refractivity (Wildman–Crippen MR) is 65.7 cm³/mol. The number of H-pyrrole nitrogens is 1. The van der Waals surface area contributed by atoms with Crippen LogP contribution in [0.4, 0.5) is 0 Å². The number of amides is 1. The molecule has 88 valence electrons. The maximum absolute atomic E-state index is 12.2. The van der Waals surface area contributed by atoms with Gasteiger partial charge in [-0.25, -0.2) is 0 Å². The third-order valence-electron chi connectivity index (χ3n) is 3.04. The maximum atomic E-state index is 12.2. The van der Waals surface area contributed by atoms with E-state index in [2.05, 4.69) is 26.1 Å². The zero-order valence-electron chi connectivity index (χ0n) is 9.16. The predicted octanol–water partition coefficient (Wildman–Crippen LogP) is 2.19. The third-order valence-corrected chi connectivity index (χ3v) is 3.60. The Bertz CT molecular complexity index is 335. The molecule has 1 amide bonds. The lowest BCUT2D eigenvalue weighted by Gasteiger charge is -2.37. The van der Waals surface area contributed by atoms with Crippen molar-refractivity contribution < 1.29 is 4.79 Å². The van der Waals surface area contributed by atoms with Crippen LogP contribution < -0.4 is 0 Å². The van der Waals surface area contributed by atoms with E-state index in [-0.39, 0.29) is 5.91 Å². The van der Waals surface area contributed by atoms with Crippen molar-refractivity contribution in [2.75, 3.05) is 11.9 Å². The van der Waals surface area contributed by atoms with Crippen molar-refractivity contribution >= 4 is 21.8 Å². The maximum Gasteiger partial charge on any atom is 0.272 e. The third kappa shape index (κ3) is 2.45. The minimum Gasteiger partial charge on any atom is -0.334 e. The number of nitrogens with zero attached hydrogens (tertiary/aromatic N) is 2. The molecule has 5 heteroatoms. The second kappa shape index (κ2) is 5.48. The van der Waals surface area contributed by atoms with Gasteiger partial charge in [0.05, 0.1) is 0 Å². The minimum absolute atomic E-state index is 0.0863.